The minimum Gasteiger partial charge on any atom is -0.337 e. The van der Waals surface area contributed by atoms with Crippen molar-refractivity contribution < 1.29 is 4.79 Å². The minimum absolute atomic E-state index is 0.0847. The van der Waals surface area contributed by atoms with Gasteiger partial charge in [0, 0.05) is 25.0 Å². The SMILES string of the molecule is Cc1nc2c(cnn2C(C)C)cc1C(=O)N(C)Cc1ccc(C#N)cc1. The minimum atomic E-state index is -0.0847. The zero-order chi connectivity index (χ0) is 18.8. The Balaban J connectivity index is 1.86. The Morgan fingerprint density at radius 2 is 2.00 bits per heavy atom. The Morgan fingerprint density at radius 1 is 1.31 bits per heavy atom. The largest absolute Gasteiger partial charge is 0.337 e. The molecule has 0 aliphatic carbocycles. The number of aryl methyl sites for hydroxylation is 1. The molecule has 3 aromatic rings. The summed E-state index contributed by atoms with van der Waals surface area (Å²) >= 11 is 0. The van der Waals surface area contributed by atoms with Gasteiger partial charge in [0.25, 0.3) is 5.91 Å². The number of hydrogen-bond acceptors (Lipinski definition) is 4. The van der Waals surface area contributed by atoms with Crippen LogP contribution in [0.5, 0.6) is 0 Å². The van der Waals surface area contributed by atoms with Gasteiger partial charge in [-0.2, -0.15) is 10.4 Å². The summed E-state index contributed by atoms with van der Waals surface area (Å²) in [6.45, 7) is 6.41. The van der Waals surface area contributed by atoms with Gasteiger partial charge >= 0.3 is 0 Å². The van der Waals surface area contributed by atoms with Crippen LogP contribution in [0.25, 0.3) is 11.0 Å². The van der Waals surface area contributed by atoms with Gasteiger partial charge in [-0.1, -0.05) is 12.1 Å². The van der Waals surface area contributed by atoms with Crippen LogP contribution in [0, 0.1) is 18.3 Å². The highest BCUT2D eigenvalue weighted by molar-refractivity contribution is 5.98. The van der Waals surface area contributed by atoms with Crippen molar-refractivity contribution in [2.24, 2.45) is 0 Å². The molecular formula is C20H21N5O. The fourth-order valence-electron chi connectivity index (χ4n) is 2.90. The molecule has 2 aromatic heterocycles. The Hall–Kier alpha value is -3.20. The number of nitrogens with zero attached hydrogens (tertiary/aromatic N) is 5. The maximum Gasteiger partial charge on any atom is 0.255 e. The molecule has 1 aromatic carbocycles. The van der Waals surface area contributed by atoms with E-state index >= 15 is 0 Å². The van der Waals surface area contributed by atoms with Gasteiger partial charge < -0.3 is 4.90 Å². The Kier molecular flexibility index (Phi) is 4.72. The van der Waals surface area contributed by atoms with E-state index < -0.39 is 0 Å². The van der Waals surface area contributed by atoms with Gasteiger partial charge in [-0.3, -0.25) is 4.79 Å². The summed E-state index contributed by atoms with van der Waals surface area (Å²) in [6.07, 6.45) is 1.75. The zero-order valence-corrected chi connectivity index (χ0v) is 15.4. The highest BCUT2D eigenvalue weighted by Gasteiger charge is 2.18. The van der Waals surface area contributed by atoms with E-state index in [4.69, 9.17) is 5.26 Å². The molecule has 26 heavy (non-hydrogen) atoms. The van der Waals surface area contributed by atoms with Crippen molar-refractivity contribution in [1.29, 1.82) is 5.26 Å². The molecule has 0 N–H and O–H groups in total. The summed E-state index contributed by atoms with van der Waals surface area (Å²) in [4.78, 5) is 19.1. The first-order chi connectivity index (χ1) is 12.4. The van der Waals surface area contributed by atoms with E-state index in [1.165, 1.54) is 0 Å². The molecule has 0 saturated heterocycles. The van der Waals surface area contributed by atoms with E-state index in [1.807, 2.05) is 43.7 Å². The number of fused-ring (bicyclic) bond motifs is 1. The third-order valence-electron chi connectivity index (χ3n) is 4.33. The third kappa shape index (κ3) is 3.29. The lowest BCUT2D eigenvalue weighted by Crippen LogP contribution is -2.27. The second-order valence-corrected chi connectivity index (χ2v) is 6.69. The molecule has 6 nitrogen and oxygen atoms in total. The number of benzene rings is 1. The van der Waals surface area contributed by atoms with Gasteiger partial charge in [0.15, 0.2) is 5.65 Å². The Bertz CT molecular complexity index is 995. The standard InChI is InChI=1S/C20H21N5O/c1-13(2)25-19-17(11-22-25)9-18(14(3)23-19)20(26)24(4)12-16-7-5-15(10-21)6-8-16/h5-9,11,13H,12H2,1-4H3. The van der Waals surface area contributed by atoms with Crippen LogP contribution in [-0.2, 0) is 6.54 Å². The number of rotatable bonds is 4. The molecule has 1 amide bonds. The fraction of sp³-hybridized carbons (Fsp3) is 0.300. The maximum absolute atomic E-state index is 12.9. The summed E-state index contributed by atoms with van der Waals surface area (Å²) < 4.78 is 1.86. The number of amides is 1. The highest BCUT2D eigenvalue weighted by atomic mass is 16.2. The normalized spacial score (nSPS) is 10.9. The van der Waals surface area contributed by atoms with Crippen LogP contribution in [0.15, 0.2) is 36.5 Å². The summed E-state index contributed by atoms with van der Waals surface area (Å²) in [5.74, 6) is -0.0847. The molecule has 2 heterocycles. The predicted molar refractivity (Wildman–Crippen MR) is 99.6 cm³/mol. The Labute approximate surface area is 152 Å². The number of carbonyl (C=O) groups is 1. The molecule has 0 fully saturated rings. The molecule has 6 heteroatoms. The predicted octanol–water partition coefficient (Wildman–Crippen LogP) is 3.46. The van der Waals surface area contributed by atoms with Crippen LogP contribution in [0.4, 0.5) is 0 Å². The van der Waals surface area contributed by atoms with Crippen molar-refractivity contribution in [1.82, 2.24) is 19.7 Å². The topological polar surface area (TPSA) is 74.8 Å². The molecule has 0 radical (unpaired) electrons. The lowest BCUT2D eigenvalue weighted by molar-refractivity contribution is 0.0784. The van der Waals surface area contributed by atoms with Gasteiger partial charge in [-0.25, -0.2) is 9.67 Å². The van der Waals surface area contributed by atoms with Crippen molar-refractivity contribution >= 4 is 16.9 Å². The maximum atomic E-state index is 12.9. The van der Waals surface area contributed by atoms with E-state index in [0.717, 1.165) is 16.6 Å². The highest BCUT2D eigenvalue weighted by Crippen LogP contribution is 2.20. The second-order valence-electron chi connectivity index (χ2n) is 6.69. The van der Waals surface area contributed by atoms with Crippen molar-refractivity contribution in [3.05, 3.63) is 58.9 Å². The summed E-state index contributed by atoms with van der Waals surface area (Å²) in [7, 11) is 1.77. The quantitative estimate of drug-likeness (QED) is 0.724. The molecular weight excluding hydrogens is 326 g/mol. The average Bonchev–Trinajstić information content (AvgIpc) is 3.04. The van der Waals surface area contributed by atoms with E-state index in [9.17, 15) is 4.79 Å². The van der Waals surface area contributed by atoms with Crippen LogP contribution in [0.2, 0.25) is 0 Å². The van der Waals surface area contributed by atoms with Gasteiger partial charge in [-0.05, 0) is 44.5 Å². The van der Waals surface area contributed by atoms with Crippen molar-refractivity contribution in [2.45, 2.75) is 33.4 Å². The van der Waals surface area contributed by atoms with E-state index in [1.54, 1.807) is 30.3 Å². The molecule has 0 aliphatic heterocycles. The third-order valence-corrected chi connectivity index (χ3v) is 4.33. The molecule has 0 bridgehead atoms. The molecule has 132 valence electrons. The number of aromatic nitrogens is 3. The van der Waals surface area contributed by atoms with Crippen LogP contribution in [-0.4, -0.2) is 32.6 Å². The van der Waals surface area contributed by atoms with Crippen molar-refractivity contribution in [2.75, 3.05) is 7.05 Å². The summed E-state index contributed by atoms with van der Waals surface area (Å²) in [5.41, 5.74) is 3.65. The second kappa shape index (κ2) is 6.96. The average molecular weight is 347 g/mol. The van der Waals surface area contributed by atoms with Crippen LogP contribution in [0.3, 0.4) is 0 Å². The molecule has 0 saturated carbocycles. The van der Waals surface area contributed by atoms with Gasteiger partial charge in [0.05, 0.1) is 29.1 Å². The van der Waals surface area contributed by atoms with Gasteiger partial charge in [-0.15, -0.1) is 0 Å². The monoisotopic (exact) mass is 347 g/mol. The first-order valence-electron chi connectivity index (χ1n) is 8.50. The molecule has 0 aliphatic rings. The molecule has 0 unspecified atom stereocenters. The summed E-state index contributed by atoms with van der Waals surface area (Å²) in [5, 5.41) is 14.1. The van der Waals surface area contributed by atoms with Crippen molar-refractivity contribution in [3.8, 4) is 6.07 Å². The molecule has 0 spiro atoms. The van der Waals surface area contributed by atoms with E-state index in [-0.39, 0.29) is 11.9 Å². The van der Waals surface area contributed by atoms with E-state index in [0.29, 0.717) is 23.4 Å². The zero-order valence-electron chi connectivity index (χ0n) is 15.4. The molecule has 0 atom stereocenters. The van der Waals surface area contributed by atoms with Crippen LogP contribution >= 0.6 is 0 Å². The summed E-state index contributed by atoms with van der Waals surface area (Å²) in [6, 6.07) is 11.4. The lowest BCUT2D eigenvalue weighted by Gasteiger charge is -2.18. The first kappa shape index (κ1) is 17.6. The fourth-order valence-corrected chi connectivity index (χ4v) is 2.90. The lowest BCUT2D eigenvalue weighted by atomic mass is 10.1. The molecule has 3 rings (SSSR count). The van der Waals surface area contributed by atoms with E-state index in [2.05, 4.69) is 16.2 Å². The van der Waals surface area contributed by atoms with Gasteiger partial charge in [0.1, 0.15) is 0 Å². The number of hydrogen-bond donors (Lipinski definition) is 0. The van der Waals surface area contributed by atoms with Crippen LogP contribution < -0.4 is 0 Å². The number of nitriles is 1. The first-order valence-corrected chi connectivity index (χ1v) is 8.50. The van der Waals surface area contributed by atoms with Crippen molar-refractivity contribution in [3.63, 3.8) is 0 Å². The number of pyridine rings is 1. The van der Waals surface area contributed by atoms with Gasteiger partial charge in [0.2, 0.25) is 0 Å². The smallest absolute Gasteiger partial charge is 0.255 e. The Morgan fingerprint density at radius 3 is 2.62 bits per heavy atom. The van der Waals surface area contributed by atoms with Crippen LogP contribution in [0.1, 0.15) is 47.1 Å². The number of carbonyl (C=O) groups excluding carboxylic acids is 1.